The molecule has 0 unspecified atom stereocenters. The Morgan fingerprint density at radius 1 is 1.08 bits per heavy atom. The molecular formula is C20H19ClN2O3. The first-order valence-electron chi connectivity index (χ1n) is 8.43. The molecular weight excluding hydrogens is 352 g/mol. The Morgan fingerprint density at radius 2 is 1.77 bits per heavy atom. The van der Waals surface area contributed by atoms with Crippen molar-refractivity contribution < 1.29 is 14.4 Å². The first-order chi connectivity index (χ1) is 12.4. The van der Waals surface area contributed by atoms with Crippen LogP contribution in [0.2, 0.25) is 5.02 Å². The number of rotatable bonds is 5. The zero-order valence-corrected chi connectivity index (χ0v) is 15.3. The van der Waals surface area contributed by atoms with E-state index in [-0.39, 0.29) is 35.0 Å². The monoisotopic (exact) mass is 370 g/mol. The Morgan fingerprint density at radius 3 is 2.38 bits per heavy atom. The fraction of sp³-hybridized carbons (Fsp3) is 0.250. The number of halogens is 1. The van der Waals surface area contributed by atoms with Crippen LogP contribution >= 0.6 is 11.6 Å². The molecule has 6 heteroatoms. The van der Waals surface area contributed by atoms with E-state index >= 15 is 0 Å². The van der Waals surface area contributed by atoms with Gasteiger partial charge in [-0.2, -0.15) is 0 Å². The van der Waals surface area contributed by atoms with Gasteiger partial charge in [0.2, 0.25) is 5.91 Å². The van der Waals surface area contributed by atoms with Crippen LogP contribution in [-0.2, 0) is 4.79 Å². The highest BCUT2D eigenvalue weighted by molar-refractivity contribution is 6.37. The maximum Gasteiger partial charge on any atom is 0.263 e. The topological polar surface area (TPSA) is 66.5 Å². The average molecular weight is 371 g/mol. The van der Waals surface area contributed by atoms with E-state index in [4.69, 9.17) is 11.6 Å². The lowest BCUT2D eigenvalue weighted by Crippen LogP contribution is -2.32. The van der Waals surface area contributed by atoms with Crippen molar-refractivity contribution in [3.05, 3.63) is 64.2 Å². The first-order valence-corrected chi connectivity index (χ1v) is 8.81. The molecule has 134 valence electrons. The van der Waals surface area contributed by atoms with Gasteiger partial charge in [0.05, 0.1) is 16.1 Å². The molecule has 0 saturated heterocycles. The molecule has 0 fully saturated rings. The molecule has 0 aromatic heterocycles. The number of nitrogens with one attached hydrogen (secondary N) is 1. The molecule has 1 heterocycles. The zero-order chi connectivity index (χ0) is 18.8. The lowest BCUT2D eigenvalue weighted by atomic mass is 10.0. The van der Waals surface area contributed by atoms with Gasteiger partial charge < -0.3 is 5.32 Å². The molecule has 0 aliphatic carbocycles. The molecule has 0 atom stereocenters. The fourth-order valence-electron chi connectivity index (χ4n) is 2.88. The van der Waals surface area contributed by atoms with Crippen molar-refractivity contribution in [2.24, 2.45) is 0 Å². The minimum atomic E-state index is -0.454. The predicted molar refractivity (Wildman–Crippen MR) is 101 cm³/mol. The highest BCUT2D eigenvalue weighted by atomic mass is 35.5. The smallest absolute Gasteiger partial charge is 0.263 e. The summed E-state index contributed by atoms with van der Waals surface area (Å²) in [4.78, 5) is 38.0. The van der Waals surface area contributed by atoms with Gasteiger partial charge in [-0.25, -0.2) is 0 Å². The van der Waals surface area contributed by atoms with Crippen LogP contribution in [0.15, 0.2) is 42.5 Å². The van der Waals surface area contributed by atoms with Crippen LogP contribution in [0.4, 0.5) is 5.69 Å². The summed E-state index contributed by atoms with van der Waals surface area (Å²) in [6, 6.07) is 12.4. The molecule has 2 aromatic rings. The molecule has 3 amide bonds. The van der Waals surface area contributed by atoms with Crippen LogP contribution < -0.4 is 5.32 Å². The summed E-state index contributed by atoms with van der Waals surface area (Å²) in [5, 5.41) is 3.03. The summed E-state index contributed by atoms with van der Waals surface area (Å²) in [6.07, 6.45) is 0.0228. The lowest BCUT2D eigenvalue weighted by molar-refractivity contribution is -0.116. The summed E-state index contributed by atoms with van der Waals surface area (Å²) in [7, 11) is 0. The summed E-state index contributed by atoms with van der Waals surface area (Å²) in [6.45, 7) is 4.21. The molecule has 1 aliphatic rings. The number of carbonyl (C=O) groups is 3. The van der Waals surface area contributed by atoms with Crippen LogP contribution in [0.1, 0.15) is 52.5 Å². The molecule has 1 aliphatic heterocycles. The zero-order valence-electron chi connectivity index (χ0n) is 14.6. The number of benzene rings is 2. The van der Waals surface area contributed by atoms with Crippen LogP contribution in [-0.4, -0.2) is 29.2 Å². The molecule has 0 bridgehead atoms. The number of imide groups is 1. The number of amides is 3. The second-order valence-corrected chi connectivity index (χ2v) is 6.91. The van der Waals surface area contributed by atoms with Gasteiger partial charge in [0.25, 0.3) is 11.8 Å². The van der Waals surface area contributed by atoms with Gasteiger partial charge >= 0.3 is 0 Å². The van der Waals surface area contributed by atoms with Gasteiger partial charge in [0.1, 0.15) is 0 Å². The van der Waals surface area contributed by atoms with Gasteiger partial charge in [-0.3, -0.25) is 19.3 Å². The van der Waals surface area contributed by atoms with Crippen LogP contribution in [0.5, 0.6) is 0 Å². The van der Waals surface area contributed by atoms with E-state index in [9.17, 15) is 14.4 Å². The van der Waals surface area contributed by atoms with Crippen molar-refractivity contribution in [1.82, 2.24) is 4.90 Å². The molecule has 2 aromatic carbocycles. The largest absolute Gasteiger partial charge is 0.326 e. The van der Waals surface area contributed by atoms with Gasteiger partial charge in [-0.1, -0.05) is 43.6 Å². The number of nitrogens with zero attached hydrogens (tertiary/aromatic N) is 1. The average Bonchev–Trinajstić information content (AvgIpc) is 2.85. The third kappa shape index (κ3) is 3.48. The van der Waals surface area contributed by atoms with Gasteiger partial charge in [0, 0.05) is 18.7 Å². The summed E-state index contributed by atoms with van der Waals surface area (Å²) >= 11 is 6.02. The second-order valence-electron chi connectivity index (χ2n) is 6.50. The summed E-state index contributed by atoms with van der Waals surface area (Å²) < 4.78 is 0. The Bertz CT molecular complexity index is 875. The molecule has 0 spiro atoms. The number of anilines is 1. The number of carbonyl (C=O) groups excluding carboxylic acids is 3. The third-order valence-electron chi connectivity index (χ3n) is 4.37. The number of fused-ring (bicyclic) bond motifs is 1. The van der Waals surface area contributed by atoms with Crippen molar-refractivity contribution in [2.75, 3.05) is 11.9 Å². The first kappa shape index (κ1) is 18.1. The highest BCUT2D eigenvalue weighted by Crippen LogP contribution is 2.29. The standard InChI is InChI=1S/C20H19ClN2O3/c1-12(2)13-6-8-14(9-7-13)22-17(24)10-11-23-19(25)15-4-3-5-16(21)18(15)20(23)26/h3-9,12H,10-11H2,1-2H3,(H,22,24). The van der Waals surface area contributed by atoms with Gasteiger partial charge in [-0.15, -0.1) is 0 Å². The highest BCUT2D eigenvalue weighted by Gasteiger charge is 2.37. The van der Waals surface area contributed by atoms with E-state index < -0.39 is 11.8 Å². The van der Waals surface area contributed by atoms with E-state index in [2.05, 4.69) is 19.2 Å². The minimum Gasteiger partial charge on any atom is -0.326 e. The van der Waals surface area contributed by atoms with E-state index in [0.29, 0.717) is 11.6 Å². The van der Waals surface area contributed by atoms with Gasteiger partial charge in [0.15, 0.2) is 0 Å². The van der Waals surface area contributed by atoms with E-state index in [1.807, 2.05) is 24.3 Å². The third-order valence-corrected chi connectivity index (χ3v) is 4.69. The van der Waals surface area contributed by atoms with Crippen molar-refractivity contribution in [1.29, 1.82) is 0 Å². The van der Waals surface area contributed by atoms with Crippen LogP contribution in [0.25, 0.3) is 0 Å². The van der Waals surface area contributed by atoms with E-state index in [0.717, 1.165) is 4.90 Å². The Hall–Kier alpha value is -2.66. The molecule has 26 heavy (non-hydrogen) atoms. The summed E-state index contributed by atoms with van der Waals surface area (Å²) in [5.74, 6) is -0.711. The van der Waals surface area contributed by atoms with Crippen LogP contribution in [0.3, 0.4) is 0 Å². The van der Waals surface area contributed by atoms with Crippen molar-refractivity contribution >= 4 is 35.0 Å². The van der Waals surface area contributed by atoms with E-state index in [1.165, 1.54) is 5.56 Å². The summed E-state index contributed by atoms with van der Waals surface area (Å²) in [5.41, 5.74) is 2.37. The number of hydrogen-bond acceptors (Lipinski definition) is 3. The molecule has 1 N–H and O–H groups in total. The minimum absolute atomic E-state index is 0.0125. The molecule has 0 saturated carbocycles. The Balaban J connectivity index is 1.61. The van der Waals surface area contributed by atoms with Crippen molar-refractivity contribution in [3.63, 3.8) is 0 Å². The molecule has 0 radical (unpaired) electrons. The SMILES string of the molecule is CC(C)c1ccc(NC(=O)CCN2C(=O)c3cccc(Cl)c3C2=O)cc1. The molecule has 5 nitrogen and oxygen atoms in total. The Kier molecular flexibility index (Phi) is 5.09. The van der Waals surface area contributed by atoms with Crippen molar-refractivity contribution in [2.45, 2.75) is 26.2 Å². The lowest BCUT2D eigenvalue weighted by Gasteiger charge is -2.14. The fourth-order valence-corrected chi connectivity index (χ4v) is 3.14. The second kappa shape index (κ2) is 7.30. The normalized spacial score (nSPS) is 13.3. The molecule has 3 rings (SSSR count). The van der Waals surface area contributed by atoms with Gasteiger partial charge in [-0.05, 0) is 35.7 Å². The predicted octanol–water partition coefficient (Wildman–Crippen LogP) is 4.09. The Labute approximate surface area is 156 Å². The van der Waals surface area contributed by atoms with E-state index in [1.54, 1.807) is 18.2 Å². The quantitative estimate of drug-likeness (QED) is 0.806. The number of hydrogen-bond donors (Lipinski definition) is 1. The maximum atomic E-state index is 12.4. The van der Waals surface area contributed by atoms with Crippen LogP contribution in [0, 0.1) is 0 Å². The van der Waals surface area contributed by atoms with Crippen molar-refractivity contribution in [3.8, 4) is 0 Å². The maximum absolute atomic E-state index is 12.4.